The molecule has 126 valence electrons. The highest BCUT2D eigenvalue weighted by molar-refractivity contribution is 5.89. The van der Waals surface area contributed by atoms with Crippen molar-refractivity contribution < 1.29 is 17.9 Å². The van der Waals surface area contributed by atoms with Gasteiger partial charge in [-0.1, -0.05) is 6.07 Å². The number of nitrogens with zero attached hydrogens (tertiary/aromatic N) is 5. The third kappa shape index (κ3) is 2.77. The SMILES string of the molecule is Nc1nc(OC(F)(F)F)c2c(-c3ccc4nccnc4c3)ccn2n1. The number of benzene rings is 1. The van der Waals surface area contributed by atoms with Crippen LogP contribution in [0.3, 0.4) is 0 Å². The molecule has 10 heteroatoms. The summed E-state index contributed by atoms with van der Waals surface area (Å²) in [6, 6.07) is 6.76. The van der Waals surface area contributed by atoms with E-state index in [1.165, 1.54) is 16.9 Å². The molecule has 0 radical (unpaired) electrons. The van der Waals surface area contributed by atoms with E-state index in [2.05, 4.69) is 24.8 Å². The molecular formula is C15H9F3N6O. The fraction of sp³-hybridized carbons (Fsp3) is 0.0667. The summed E-state index contributed by atoms with van der Waals surface area (Å²) < 4.78 is 43.3. The Bertz CT molecular complexity index is 1090. The molecular weight excluding hydrogens is 337 g/mol. The Morgan fingerprint density at radius 3 is 2.56 bits per heavy atom. The van der Waals surface area contributed by atoms with Crippen molar-refractivity contribution in [2.24, 2.45) is 0 Å². The van der Waals surface area contributed by atoms with Gasteiger partial charge >= 0.3 is 6.36 Å². The second-order valence-corrected chi connectivity index (χ2v) is 5.11. The highest BCUT2D eigenvalue weighted by Crippen LogP contribution is 2.34. The lowest BCUT2D eigenvalue weighted by atomic mass is 10.1. The minimum atomic E-state index is -4.91. The molecule has 2 N–H and O–H groups in total. The molecule has 0 aliphatic carbocycles. The van der Waals surface area contributed by atoms with Gasteiger partial charge in [0.25, 0.3) is 5.88 Å². The average molecular weight is 346 g/mol. The van der Waals surface area contributed by atoms with Crippen LogP contribution in [0.25, 0.3) is 27.7 Å². The first kappa shape index (κ1) is 15.1. The molecule has 0 saturated carbocycles. The molecule has 7 nitrogen and oxygen atoms in total. The number of fused-ring (bicyclic) bond motifs is 2. The maximum atomic E-state index is 12.7. The summed E-state index contributed by atoms with van der Waals surface area (Å²) in [5, 5.41) is 3.88. The van der Waals surface area contributed by atoms with Crippen molar-refractivity contribution >= 4 is 22.5 Å². The number of nitrogen functional groups attached to an aromatic ring is 1. The van der Waals surface area contributed by atoms with Crippen LogP contribution < -0.4 is 10.5 Å². The lowest BCUT2D eigenvalue weighted by Gasteiger charge is -2.11. The molecule has 3 aromatic heterocycles. The van der Waals surface area contributed by atoms with E-state index in [0.717, 1.165) is 0 Å². The summed E-state index contributed by atoms with van der Waals surface area (Å²) in [5.41, 5.74) is 7.85. The number of hydrogen-bond donors (Lipinski definition) is 1. The third-order valence-electron chi connectivity index (χ3n) is 3.49. The van der Waals surface area contributed by atoms with Crippen LogP contribution in [0.1, 0.15) is 0 Å². The number of alkyl halides is 3. The molecule has 0 saturated heterocycles. The Morgan fingerprint density at radius 1 is 1.04 bits per heavy atom. The number of nitrogens with two attached hydrogens (primary N) is 1. The number of ether oxygens (including phenoxy) is 1. The van der Waals surface area contributed by atoms with Crippen molar-refractivity contribution in [1.82, 2.24) is 24.6 Å². The molecule has 4 rings (SSSR count). The summed E-state index contributed by atoms with van der Waals surface area (Å²) in [7, 11) is 0. The first-order valence-electron chi connectivity index (χ1n) is 7.02. The molecule has 0 fully saturated rings. The third-order valence-corrected chi connectivity index (χ3v) is 3.49. The molecule has 0 unspecified atom stereocenters. The van der Waals surface area contributed by atoms with E-state index >= 15 is 0 Å². The van der Waals surface area contributed by atoms with E-state index in [4.69, 9.17) is 5.73 Å². The van der Waals surface area contributed by atoms with Crippen molar-refractivity contribution in [3.8, 4) is 17.0 Å². The van der Waals surface area contributed by atoms with Gasteiger partial charge in [0.1, 0.15) is 5.52 Å². The normalized spacial score (nSPS) is 12.0. The van der Waals surface area contributed by atoms with Gasteiger partial charge in [0.2, 0.25) is 5.95 Å². The van der Waals surface area contributed by atoms with E-state index in [-0.39, 0.29) is 11.5 Å². The Labute approximate surface area is 137 Å². The van der Waals surface area contributed by atoms with Crippen LogP contribution in [-0.4, -0.2) is 30.9 Å². The van der Waals surface area contributed by atoms with Crippen molar-refractivity contribution in [3.63, 3.8) is 0 Å². The van der Waals surface area contributed by atoms with Crippen LogP contribution in [0, 0.1) is 0 Å². The average Bonchev–Trinajstić information content (AvgIpc) is 2.97. The predicted octanol–water partition coefficient (Wildman–Crippen LogP) is 2.82. The quantitative estimate of drug-likeness (QED) is 0.600. The number of aromatic nitrogens is 5. The largest absolute Gasteiger partial charge is 0.574 e. The zero-order valence-electron chi connectivity index (χ0n) is 12.4. The molecule has 3 heterocycles. The molecule has 0 spiro atoms. The smallest absolute Gasteiger partial charge is 0.385 e. The molecule has 0 aliphatic heterocycles. The van der Waals surface area contributed by atoms with Gasteiger partial charge in [-0.2, -0.15) is 4.98 Å². The van der Waals surface area contributed by atoms with Gasteiger partial charge in [0.15, 0.2) is 0 Å². The molecule has 1 aromatic carbocycles. The summed E-state index contributed by atoms with van der Waals surface area (Å²) in [6.07, 6.45) is -0.335. The van der Waals surface area contributed by atoms with Gasteiger partial charge in [-0.15, -0.1) is 18.3 Å². The Morgan fingerprint density at radius 2 is 1.80 bits per heavy atom. The number of halogens is 3. The summed E-state index contributed by atoms with van der Waals surface area (Å²) in [5.74, 6) is -1.00. The van der Waals surface area contributed by atoms with Crippen molar-refractivity contribution in [2.75, 3.05) is 5.73 Å². The van der Waals surface area contributed by atoms with Crippen LogP contribution in [-0.2, 0) is 0 Å². The van der Waals surface area contributed by atoms with E-state index in [1.54, 1.807) is 30.5 Å². The van der Waals surface area contributed by atoms with Gasteiger partial charge in [-0.25, -0.2) is 4.52 Å². The van der Waals surface area contributed by atoms with E-state index in [9.17, 15) is 13.2 Å². The Kier molecular flexibility index (Phi) is 3.20. The van der Waals surface area contributed by atoms with Gasteiger partial charge in [0.05, 0.1) is 11.0 Å². The molecule has 0 amide bonds. The molecule has 0 aliphatic rings. The molecule has 0 atom stereocenters. The van der Waals surface area contributed by atoms with E-state index in [0.29, 0.717) is 22.2 Å². The van der Waals surface area contributed by atoms with Crippen LogP contribution in [0.2, 0.25) is 0 Å². The molecule has 0 bridgehead atoms. The van der Waals surface area contributed by atoms with Crippen molar-refractivity contribution in [2.45, 2.75) is 6.36 Å². The number of anilines is 1. The zero-order chi connectivity index (χ0) is 17.6. The fourth-order valence-corrected chi connectivity index (χ4v) is 2.55. The van der Waals surface area contributed by atoms with Crippen LogP contribution in [0.15, 0.2) is 42.9 Å². The topological polar surface area (TPSA) is 91.2 Å². The van der Waals surface area contributed by atoms with Crippen molar-refractivity contribution in [3.05, 3.63) is 42.9 Å². The Balaban J connectivity index is 1.94. The van der Waals surface area contributed by atoms with Gasteiger partial charge in [-0.05, 0) is 23.8 Å². The Hall–Kier alpha value is -3.43. The number of hydrogen-bond acceptors (Lipinski definition) is 6. The highest BCUT2D eigenvalue weighted by atomic mass is 19.4. The summed E-state index contributed by atoms with van der Waals surface area (Å²) in [4.78, 5) is 11.9. The summed E-state index contributed by atoms with van der Waals surface area (Å²) >= 11 is 0. The van der Waals surface area contributed by atoms with Crippen LogP contribution >= 0.6 is 0 Å². The molecule has 4 aromatic rings. The minimum absolute atomic E-state index is 0.0507. The standard InChI is InChI=1S/C15H9F3N6O/c16-15(17,18)25-13-12-9(3-6-24(12)23-14(19)22-13)8-1-2-10-11(7-8)21-5-4-20-10/h1-7H,(H2,19,23). The first-order chi connectivity index (χ1) is 11.9. The summed E-state index contributed by atoms with van der Waals surface area (Å²) in [6.45, 7) is 0. The van der Waals surface area contributed by atoms with Gasteiger partial charge in [-0.3, -0.25) is 9.97 Å². The lowest BCUT2D eigenvalue weighted by Crippen LogP contribution is -2.19. The second-order valence-electron chi connectivity index (χ2n) is 5.11. The lowest BCUT2D eigenvalue weighted by molar-refractivity contribution is -0.275. The maximum Gasteiger partial charge on any atom is 0.574 e. The second kappa shape index (κ2) is 5.30. The first-order valence-corrected chi connectivity index (χ1v) is 7.02. The zero-order valence-corrected chi connectivity index (χ0v) is 12.4. The minimum Gasteiger partial charge on any atom is -0.385 e. The van der Waals surface area contributed by atoms with Crippen molar-refractivity contribution in [1.29, 1.82) is 0 Å². The van der Waals surface area contributed by atoms with E-state index in [1.807, 2.05) is 0 Å². The number of rotatable bonds is 2. The van der Waals surface area contributed by atoms with Gasteiger partial charge < -0.3 is 10.5 Å². The van der Waals surface area contributed by atoms with Gasteiger partial charge in [0, 0.05) is 24.2 Å². The van der Waals surface area contributed by atoms with E-state index < -0.39 is 12.2 Å². The van der Waals surface area contributed by atoms with Crippen LogP contribution in [0.4, 0.5) is 19.1 Å². The fourth-order valence-electron chi connectivity index (χ4n) is 2.55. The van der Waals surface area contributed by atoms with Crippen LogP contribution in [0.5, 0.6) is 5.88 Å². The molecule has 25 heavy (non-hydrogen) atoms. The predicted molar refractivity (Wildman–Crippen MR) is 82.6 cm³/mol. The highest BCUT2D eigenvalue weighted by Gasteiger charge is 2.33. The monoisotopic (exact) mass is 346 g/mol. The maximum absolute atomic E-state index is 12.7.